The third kappa shape index (κ3) is 1.82. The molecule has 2 heteroatoms. The van der Waals surface area contributed by atoms with Crippen molar-refractivity contribution in [3.8, 4) is 5.75 Å². The van der Waals surface area contributed by atoms with Crippen LogP contribution in [0.5, 0.6) is 5.75 Å². The molecule has 0 fully saturated rings. The van der Waals surface area contributed by atoms with Crippen LogP contribution in [0, 0.1) is 0 Å². The van der Waals surface area contributed by atoms with Gasteiger partial charge in [-0.2, -0.15) is 0 Å². The second-order valence-electron chi connectivity index (χ2n) is 6.28. The SMILES string of the molecule is CC1CCC(O)(c2cccc3c2OCC3)c2ccccc21. The Bertz CT molecular complexity index is 692. The molecule has 108 valence electrons. The lowest BCUT2D eigenvalue weighted by molar-refractivity contribution is 0.0553. The van der Waals surface area contributed by atoms with Crippen molar-refractivity contribution in [1.82, 2.24) is 0 Å². The molecule has 0 saturated heterocycles. The molecular formula is C19H20O2. The van der Waals surface area contributed by atoms with Crippen LogP contribution in [-0.2, 0) is 12.0 Å². The highest BCUT2D eigenvalue weighted by Gasteiger charge is 2.41. The Kier molecular flexibility index (Phi) is 2.83. The number of hydrogen-bond acceptors (Lipinski definition) is 2. The predicted octanol–water partition coefficient (Wildman–Crippen LogP) is 3.75. The molecule has 2 nitrogen and oxygen atoms in total. The van der Waals surface area contributed by atoms with Crippen molar-refractivity contribution < 1.29 is 9.84 Å². The summed E-state index contributed by atoms with van der Waals surface area (Å²) in [5, 5.41) is 11.5. The summed E-state index contributed by atoms with van der Waals surface area (Å²) in [6, 6.07) is 14.5. The van der Waals surface area contributed by atoms with Gasteiger partial charge in [-0.1, -0.05) is 49.4 Å². The first-order valence-corrected chi connectivity index (χ1v) is 7.77. The van der Waals surface area contributed by atoms with Gasteiger partial charge in [-0.05, 0) is 35.4 Å². The van der Waals surface area contributed by atoms with E-state index in [1.807, 2.05) is 18.2 Å². The fraction of sp³-hybridized carbons (Fsp3) is 0.368. The van der Waals surface area contributed by atoms with E-state index in [1.165, 1.54) is 11.1 Å². The van der Waals surface area contributed by atoms with E-state index in [2.05, 4.69) is 31.2 Å². The van der Waals surface area contributed by atoms with Crippen LogP contribution >= 0.6 is 0 Å². The molecule has 0 saturated carbocycles. The third-order valence-electron chi connectivity index (χ3n) is 5.04. The van der Waals surface area contributed by atoms with Gasteiger partial charge in [0.1, 0.15) is 11.4 Å². The van der Waals surface area contributed by atoms with Crippen molar-refractivity contribution in [2.45, 2.75) is 37.7 Å². The maximum Gasteiger partial charge on any atom is 0.129 e. The lowest BCUT2D eigenvalue weighted by Gasteiger charge is -2.38. The van der Waals surface area contributed by atoms with Crippen molar-refractivity contribution in [3.05, 3.63) is 64.7 Å². The van der Waals surface area contributed by atoms with Crippen molar-refractivity contribution >= 4 is 0 Å². The first kappa shape index (κ1) is 12.9. The van der Waals surface area contributed by atoms with Crippen molar-refractivity contribution in [3.63, 3.8) is 0 Å². The fourth-order valence-corrected chi connectivity index (χ4v) is 3.84. The van der Waals surface area contributed by atoms with Gasteiger partial charge in [-0.15, -0.1) is 0 Å². The first-order valence-electron chi connectivity index (χ1n) is 7.77. The van der Waals surface area contributed by atoms with Gasteiger partial charge in [0.15, 0.2) is 0 Å². The van der Waals surface area contributed by atoms with E-state index in [1.54, 1.807) is 0 Å². The van der Waals surface area contributed by atoms with Gasteiger partial charge in [0.05, 0.1) is 6.61 Å². The second kappa shape index (κ2) is 4.60. The van der Waals surface area contributed by atoms with Crippen LogP contribution in [0.25, 0.3) is 0 Å². The molecular weight excluding hydrogens is 260 g/mol. The van der Waals surface area contributed by atoms with E-state index in [0.717, 1.165) is 42.7 Å². The molecule has 4 rings (SSSR count). The number of hydrogen-bond donors (Lipinski definition) is 1. The zero-order valence-electron chi connectivity index (χ0n) is 12.3. The average Bonchev–Trinajstić information content (AvgIpc) is 3.00. The van der Waals surface area contributed by atoms with Crippen LogP contribution < -0.4 is 4.74 Å². The number of para-hydroxylation sites is 1. The zero-order valence-corrected chi connectivity index (χ0v) is 12.3. The molecule has 1 aliphatic carbocycles. The molecule has 1 N–H and O–H groups in total. The predicted molar refractivity (Wildman–Crippen MR) is 82.7 cm³/mol. The minimum atomic E-state index is -0.918. The smallest absolute Gasteiger partial charge is 0.129 e. The van der Waals surface area contributed by atoms with E-state index in [-0.39, 0.29) is 0 Å². The Balaban J connectivity index is 1.93. The Morgan fingerprint density at radius 3 is 2.81 bits per heavy atom. The van der Waals surface area contributed by atoms with Crippen LogP contribution in [0.4, 0.5) is 0 Å². The molecule has 0 radical (unpaired) electrons. The highest BCUT2D eigenvalue weighted by Crippen LogP contribution is 2.48. The van der Waals surface area contributed by atoms with Gasteiger partial charge >= 0.3 is 0 Å². The molecule has 2 aromatic carbocycles. The molecule has 2 aliphatic rings. The molecule has 21 heavy (non-hydrogen) atoms. The lowest BCUT2D eigenvalue weighted by atomic mass is 9.71. The maximum absolute atomic E-state index is 11.5. The summed E-state index contributed by atoms with van der Waals surface area (Å²) >= 11 is 0. The number of ether oxygens (including phenoxy) is 1. The Hall–Kier alpha value is -1.80. The van der Waals surface area contributed by atoms with Gasteiger partial charge < -0.3 is 9.84 Å². The Morgan fingerprint density at radius 1 is 1.10 bits per heavy atom. The Labute approximate surface area is 125 Å². The van der Waals surface area contributed by atoms with Crippen molar-refractivity contribution in [1.29, 1.82) is 0 Å². The van der Waals surface area contributed by atoms with Gasteiger partial charge in [0.2, 0.25) is 0 Å². The molecule has 0 bridgehead atoms. The van der Waals surface area contributed by atoms with Crippen molar-refractivity contribution in [2.24, 2.45) is 0 Å². The topological polar surface area (TPSA) is 29.5 Å². The van der Waals surface area contributed by atoms with Gasteiger partial charge in [-0.25, -0.2) is 0 Å². The van der Waals surface area contributed by atoms with Gasteiger partial charge in [-0.3, -0.25) is 0 Å². The molecule has 1 heterocycles. The normalized spacial score (nSPS) is 26.9. The highest BCUT2D eigenvalue weighted by molar-refractivity contribution is 5.53. The number of aliphatic hydroxyl groups is 1. The summed E-state index contributed by atoms with van der Waals surface area (Å²) in [5.74, 6) is 1.41. The van der Waals surface area contributed by atoms with Crippen LogP contribution in [-0.4, -0.2) is 11.7 Å². The zero-order chi connectivity index (χ0) is 14.4. The molecule has 0 amide bonds. The van der Waals surface area contributed by atoms with Crippen LogP contribution in [0.2, 0.25) is 0 Å². The van der Waals surface area contributed by atoms with E-state index >= 15 is 0 Å². The minimum absolute atomic E-state index is 0.499. The summed E-state index contributed by atoms with van der Waals surface area (Å²) in [6.07, 6.45) is 2.69. The van der Waals surface area contributed by atoms with Gasteiger partial charge in [0, 0.05) is 12.0 Å². The Morgan fingerprint density at radius 2 is 1.90 bits per heavy atom. The van der Waals surface area contributed by atoms with E-state index in [4.69, 9.17) is 4.74 Å². The number of fused-ring (bicyclic) bond motifs is 2. The molecule has 0 aromatic heterocycles. The van der Waals surface area contributed by atoms with Crippen LogP contribution in [0.1, 0.15) is 47.9 Å². The summed E-state index contributed by atoms with van der Waals surface area (Å²) in [5.41, 5.74) is 3.56. The molecule has 2 atom stereocenters. The fourth-order valence-electron chi connectivity index (χ4n) is 3.84. The molecule has 1 aliphatic heterocycles. The monoisotopic (exact) mass is 280 g/mol. The van der Waals surface area contributed by atoms with Crippen molar-refractivity contribution in [2.75, 3.05) is 6.61 Å². The quantitative estimate of drug-likeness (QED) is 0.862. The van der Waals surface area contributed by atoms with Crippen LogP contribution in [0.15, 0.2) is 42.5 Å². The summed E-state index contributed by atoms with van der Waals surface area (Å²) < 4.78 is 5.83. The highest BCUT2D eigenvalue weighted by atomic mass is 16.5. The molecule has 2 unspecified atom stereocenters. The summed E-state index contributed by atoms with van der Waals surface area (Å²) in [6.45, 7) is 2.96. The number of rotatable bonds is 1. The summed E-state index contributed by atoms with van der Waals surface area (Å²) in [7, 11) is 0. The standard InChI is InChI=1S/C19H20O2/c1-13-9-11-19(20,16-7-3-2-6-15(13)16)17-8-4-5-14-10-12-21-18(14)17/h2-8,13,20H,9-12H2,1H3. The van der Waals surface area contributed by atoms with Gasteiger partial charge in [0.25, 0.3) is 0 Å². The maximum atomic E-state index is 11.5. The minimum Gasteiger partial charge on any atom is -0.493 e. The largest absolute Gasteiger partial charge is 0.493 e. The van der Waals surface area contributed by atoms with Crippen LogP contribution in [0.3, 0.4) is 0 Å². The third-order valence-corrected chi connectivity index (χ3v) is 5.04. The molecule has 0 spiro atoms. The number of benzene rings is 2. The van der Waals surface area contributed by atoms with E-state index in [9.17, 15) is 5.11 Å². The average molecular weight is 280 g/mol. The molecule has 2 aromatic rings. The second-order valence-corrected chi connectivity index (χ2v) is 6.28. The van der Waals surface area contributed by atoms with E-state index < -0.39 is 5.60 Å². The van der Waals surface area contributed by atoms with E-state index in [0.29, 0.717) is 5.92 Å². The first-order chi connectivity index (χ1) is 10.2. The lowest BCUT2D eigenvalue weighted by Crippen LogP contribution is -2.33. The summed E-state index contributed by atoms with van der Waals surface area (Å²) in [4.78, 5) is 0.